The lowest BCUT2D eigenvalue weighted by Crippen LogP contribution is -2.44. The number of rotatable bonds is 5. The molecule has 0 radical (unpaired) electrons. The van der Waals surface area contributed by atoms with E-state index in [1.54, 1.807) is 30.5 Å². The van der Waals surface area contributed by atoms with Gasteiger partial charge < -0.3 is 29.6 Å². The third-order valence-electron chi connectivity index (χ3n) is 4.43. The zero-order valence-corrected chi connectivity index (χ0v) is 14.3. The Morgan fingerprint density at radius 2 is 2.16 bits per heavy atom. The zero-order chi connectivity index (χ0) is 17.9. The first-order chi connectivity index (χ1) is 12.1. The van der Waals surface area contributed by atoms with Gasteiger partial charge >= 0.3 is 6.03 Å². The molecule has 0 saturated carbocycles. The Hall–Kier alpha value is -2.67. The molecular formula is C18H22N2O5. The molecule has 1 aliphatic carbocycles. The summed E-state index contributed by atoms with van der Waals surface area (Å²) in [5.74, 6) is 1.74. The Balaban J connectivity index is 1.67. The molecule has 2 amide bonds. The SMILES string of the molecule is COc1cccc(NC(=O)NCC2(O)CCCc3occc32)c1OC. The molecule has 0 aliphatic heterocycles. The summed E-state index contributed by atoms with van der Waals surface area (Å²) in [5.41, 5.74) is 0.119. The fourth-order valence-corrected chi connectivity index (χ4v) is 3.19. The van der Waals surface area contributed by atoms with Crippen LogP contribution in [0.1, 0.15) is 24.2 Å². The van der Waals surface area contributed by atoms with Crippen LogP contribution in [0.15, 0.2) is 34.9 Å². The van der Waals surface area contributed by atoms with Crippen LogP contribution < -0.4 is 20.1 Å². The van der Waals surface area contributed by atoms with Crippen LogP contribution in [0, 0.1) is 0 Å². The maximum atomic E-state index is 12.3. The van der Waals surface area contributed by atoms with Crippen molar-refractivity contribution in [2.75, 3.05) is 26.1 Å². The van der Waals surface area contributed by atoms with Crippen LogP contribution in [0.5, 0.6) is 11.5 Å². The summed E-state index contributed by atoms with van der Waals surface area (Å²) in [6.45, 7) is 0.0949. The highest BCUT2D eigenvalue weighted by Gasteiger charge is 2.36. The van der Waals surface area contributed by atoms with Gasteiger partial charge in [0.1, 0.15) is 11.4 Å². The molecule has 7 heteroatoms. The lowest BCUT2D eigenvalue weighted by molar-refractivity contribution is 0.0199. The van der Waals surface area contributed by atoms with E-state index < -0.39 is 11.6 Å². The van der Waals surface area contributed by atoms with Gasteiger partial charge in [-0.1, -0.05) is 6.07 Å². The van der Waals surface area contributed by atoms with E-state index in [1.807, 2.05) is 0 Å². The molecule has 7 nitrogen and oxygen atoms in total. The first kappa shape index (κ1) is 17.2. The third kappa shape index (κ3) is 3.41. The summed E-state index contributed by atoms with van der Waals surface area (Å²) in [7, 11) is 3.04. The number of hydrogen-bond donors (Lipinski definition) is 3. The van der Waals surface area contributed by atoms with Gasteiger partial charge in [0.05, 0.1) is 32.7 Å². The molecule has 25 heavy (non-hydrogen) atoms. The van der Waals surface area contributed by atoms with Crippen molar-refractivity contribution in [1.82, 2.24) is 5.32 Å². The fourth-order valence-electron chi connectivity index (χ4n) is 3.19. The monoisotopic (exact) mass is 346 g/mol. The second-order valence-corrected chi connectivity index (χ2v) is 5.99. The number of urea groups is 1. The van der Waals surface area contributed by atoms with E-state index in [0.29, 0.717) is 23.6 Å². The number of nitrogens with one attached hydrogen (secondary N) is 2. The second kappa shape index (κ2) is 7.06. The summed E-state index contributed by atoms with van der Waals surface area (Å²) in [6, 6.07) is 6.54. The molecule has 1 unspecified atom stereocenters. The van der Waals surface area contributed by atoms with Crippen molar-refractivity contribution < 1.29 is 23.8 Å². The lowest BCUT2D eigenvalue weighted by atomic mass is 9.83. The number of carbonyl (C=O) groups excluding carboxylic acids is 1. The minimum Gasteiger partial charge on any atom is -0.493 e. The van der Waals surface area contributed by atoms with Crippen molar-refractivity contribution in [3.8, 4) is 11.5 Å². The molecule has 1 aromatic carbocycles. The van der Waals surface area contributed by atoms with E-state index in [-0.39, 0.29) is 6.54 Å². The summed E-state index contributed by atoms with van der Waals surface area (Å²) < 4.78 is 15.9. The molecular weight excluding hydrogens is 324 g/mol. The number of aryl methyl sites for hydroxylation is 1. The number of methoxy groups -OCH3 is 2. The maximum Gasteiger partial charge on any atom is 0.319 e. The van der Waals surface area contributed by atoms with Gasteiger partial charge in [0.25, 0.3) is 0 Å². The van der Waals surface area contributed by atoms with E-state index in [0.717, 1.165) is 24.2 Å². The van der Waals surface area contributed by atoms with E-state index in [1.165, 1.54) is 14.2 Å². The normalized spacial score (nSPS) is 19.0. The number of hydrogen-bond acceptors (Lipinski definition) is 5. The average Bonchev–Trinajstić information content (AvgIpc) is 3.10. The molecule has 1 aromatic heterocycles. The number of anilines is 1. The summed E-state index contributed by atoms with van der Waals surface area (Å²) in [6.07, 6.45) is 3.76. The molecule has 0 spiro atoms. The standard InChI is InChI=1S/C18H22N2O5/c1-23-15-6-3-5-13(16(15)24-2)20-17(21)19-11-18(22)9-4-7-14-12(18)8-10-25-14/h3,5-6,8,10,22H,4,7,9,11H2,1-2H3,(H2,19,20,21). The predicted molar refractivity (Wildman–Crippen MR) is 92.1 cm³/mol. The largest absolute Gasteiger partial charge is 0.493 e. The summed E-state index contributed by atoms with van der Waals surface area (Å²) in [4.78, 5) is 12.3. The molecule has 0 fully saturated rings. The van der Waals surface area contributed by atoms with Crippen LogP contribution in [0.4, 0.5) is 10.5 Å². The van der Waals surface area contributed by atoms with Crippen molar-refractivity contribution in [1.29, 1.82) is 0 Å². The van der Waals surface area contributed by atoms with Gasteiger partial charge in [-0.2, -0.15) is 0 Å². The molecule has 2 aromatic rings. The Morgan fingerprint density at radius 1 is 1.32 bits per heavy atom. The van der Waals surface area contributed by atoms with Gasteiger partial charge in [-0.3, -0.25) is 0 Å². The Morgan fingerprint density at radius 3 is 2.92 bits per heavy atom. The van der Waals surface area contributed by atoms with E-state index >= 15 is 0 Å². The molecule has 3 N–H and O–H groups in total. The second-order valence-electron chi connectivity index (χ2n) is 5.99. The van der Waals surface area contributed by atoms with Crippen LogP contribution >= 0.6 is 0 Å². The van der Waals surface area contributed by atoms with Crippen molar-refractivity contribution in [2.45, 2.75) is 24.9 Å². The van der Waals surface area contributed by atoms with Gasteiger partial charge in [0.2, 0.25) is 0 Å². The maximum absolute atomic E-state index is 12.3. The van der Waals surface area contributed by atoms with Crippen molar-refractivity contribution in [2.24, 2.45) is 0 Å². The Bertz CT molecular complexity index is 758. The highest BCUT2D eigenvalue weighted by atomic mass is 16.5. The number of para-hydroxylation sites is 1. The topological polar surface area (TPSA) is 93.0 Å². The average molecular weight is 346 g/mol. The molecule has 3 rings (SSSR count). The Labute approximate surface area is 145 Å². The van der Waals surface area contributed by atoms with Gasteiger partial charge in [-0.15, -0.1) is 0 Å². The van der Waals surface area contributed by atoms with Gasteiger partial charge in [-0.05, 0) is 31.0 Å². The lowest BCUT2D eigenvalue weighted by Gasteiger charge is -2.31. The zero-order valence-electron chi connectivity index (χ0n) is 14.3. The first-order valence-electron chi connectivity index (χ1n) is 8.12. The quantitative estimate of drug-likeness (QED) is 0.774. The molecule has 134 valence electrons. The number of benzene rings is 1. The van der Waals surface area contributed by atoms with Gasteiger partial charge in [-0.25, -0.2) is 4.79 Å². The van der Waals surface area contributed by atoms with Crippen molar-refractivity contribution in [3.63, 3.8) is 0 Å². The van der Waals surface area contributed by atoms with Gasteiger partial charge in [0.15, 0.2) is 11.5 Å². The molecule has 0 bridgehead atoms. The Kier molecular flexibility index (Phi) is 4.85. The number of ether oxygens (including phenoxy) is 2. The first-order valence-corrected chi connectivity index (χ1v) is 8.12. The number of amides is 2. The van der Waals surface area contributed by atoms with E-state index in [9.17, 15) is 9.90 Å². The molecule has 1 atom stereocenters. The van der Waals surface area contributed by atoms with Crippen LogP contribution in [-0.4, -0.2) is 31.9 Å². The smallest absolute Gasteiger partial charge is 0.319 e. The summed E-state index contributed by atoms with van der Waals surface area (Å²) >= 11 is 0. The number of fused-ring (bicyclic) bond motifs is 1. The molecule has 1 aliphatic rings. The van der Waals surface area contributed by atoms with Crippen LogP contribution in [0.25, 0.3) is 0 Å². The highest BCUT2D eigenvalue weighted by Crippen LogP contribution is 2.36. The van der Waals surface area contributed by atoms with Crippen molar-refractivity contribution in [3.05, 3.63) is 41.9 Å². The van der Waals surface area contributed by atoms with Crippen LogP contribution in [0.3, 0.4) is 0 Å². The third-order valence-corrected chi connectivity index (χ3v) is 4.43. The number of furan rings is 1. The molecule has 0 saturated heterocycles. The van der Waals surface area contributed by atoms with E-state index in [2.05, 4.69) is 10.6 Å². The van der Waals surface area contributed by atoms with Crippen LogP contribution in [-0.2, 0) is 12.0 Å². The molecule has 1 heterocycles. The highest BCUT2D eigenvalue weighted by molar-refractivity contribution is 5.91. The minimum absolute atomic E-state index is 0.0949. The van der Waals surface area contributed by atoms with Crippen LogP contribution in [0.2, 0.25) is 0 Å². The fraction of sp³-hybridized carbons (Fsp3) is 0.389. The summed E-state index contributed by atoms with van der Waals surface area (Å²) in [5, 5.41) is 16.3. The van der Waals surface area contributed by atoms with Crippen molar-refractivity contribution >= 4 is 11.7 Å². The number of carbonyl (C=O) groups is 1. The van der Waals surface area contributed by atoms with E-state index in [4.69, 9.17) is 13.9 Å². The number of aliphatic hydroxyl groups is 1. The predicted octanol–water partition coefficient (Wildman–Crippen LogP) is 2.64. The minimum atomic E-state index is -1.11. The van der Waals surface area contributed by atoms with Gasteiger partial charge in [0, 0.05) is 12.0 Å².